The fourth-order valence-corrected chi connectivity index (χ4v) is 3.94. The van der Waals surface area contributed by atoms with Crippen molar-refractivity contribution in [2.24, 2.45) is 0 Å². The molecule has 0 spiro atoms. The van der Waals surface area contributed by atoms with Gasteiger partial charge in [0.05, 0.1) is 28.2 Å². The molecule has 0 saturated heterocycles. The van der Waals surface area contributed by atoms with E-state index in [0.29, 0.717) is 22.3 Å². The van der Waals surface area contributed by atoms with Crippen molar-refractivity contribution in [1.29, 1.82) is 0 Å². The number of amides is 1. The lowest BCUT2D eigenvalue weighted by Crippen LogP contribution is -2.29. The molecule has 0 aliphatic rings. The van der Waals surface area contributed by atoms with Gasteiger partial charge in [0, 0.05) is 31.2 Å². The molecule has 4 rings (SSSR count). The van der Waals surface area contributed by atoms with Crippen molar-refractivity contribution in [2.75, 3.05) is 18.4 Å². The first-order valence-electron chi connectivity index (χ1n) is 9.12. The summed E-state index contributed by atoms with van der Waals surface area (Å²) in [5.41, 5.74) is 1.65. The van der Waals surface area contributed by atoms with Gasteiger partial charge in [-0.3, -0.25) is 18.1 Å². The zero-order valence-corrected chi connectivity index (χ0v) is 17.1. The number of carbonyl (C=O) groups is 2. The van der Waals surface area contributed by atoms with Gasteiger partial charge in [0.15, 0.2) is 0 Å². The van der Waals surface area contributed by atoms with Crippen molar-refractivity contribution in [2.45, 2.75) is 0 Å². The molecule has 0 fully saturated rings. The second-order valence-corrected chi connectivity index (χ2v) is 7.80. The van der Waals surface area contributed by atoms with Crippen molar-refractivity contribution in [1.82, 2.24) is 9.88 Å². The van der Waals surface area contributed by atoms with E-state index < -0.39 is 23.0 Å². The number of rotatable bonds is 5. The molecule has 4 aromatic rings. The molecular formula is C22H18N3O4S-. The minimum absolute atomic E-state index is 0.195. The van der Waals surface area contributed by atoms with Crippen LogP contribution in [-0.2, 0) is 16.1 Å². The molecule has 1 unspecified atom stereocenters. The summed E-state index contributed by atoms with van der Waals surface area (Å²) in [6, 6.07) is 17.9. The maximum absolute atomic E-state index is 12.5. The van der Waals surface area contributed by atoms with Gasteiger partial charge in [0.25, 0.3) is 11.7 Å². The number of hydrogen-bond acceptors (Lipinski definition) is 4. The number of benzene rings is 3. The molecule has 30 heavy (non-hydrogen) atoms. The van der Waals surface area contributed by atoms with Gasteiger partial charge in [-0.2, -0.15) is 0 Å². The number of anilines is 2. The predicted molar refractivity (Wildman–Crippen MR) is 116 cm³/mol. The van der Waals surface area contributed by atoms with Gasteiger partial charge in [-0.15, -0.1) is 0 Å². The first kappa shape index (κ1) is 19.8. The number of aromatic nitrogens is 1. The second-order valence-electron chi connectivity index (χ2n) is 7.00. The third-order valence-electron chi connectivity index (χ3n) is 4.86. The molecule has 0 aliphatic carbocycles. The molecule has 0 saturated carbocycles. The van der Waals surface area contributed by atoms with Crippen LogP contribution in [0.4, 0.5) is 11.4 Å². The number of Topliss-reactive ketones (excluding diaryl/α,β-unsaturated/α-hetero) is 1. The van der Waals surface area contributed by atoms with E-state index in [2.05, 4.69) is 4.98 Å². The zero-order chi connectivity index (χ0) is 21.4. The Kier molecular flexibility index (Phi) is 5.11. The number of likely N-dealkylation sites (N-methyl/N-ethyl adjacent to an activating group) is 1. The van der Waals surface area contributed by atoms with Crippen LogP contribution in [0.3, 0.4) is 0 Å². The second kappa shape index (κ2) is 7.74. The van der Waals surface area contributed by atoms with E-state index in [1.54, 1.807) is 30.3 Å². The summed E-state index contributed by atoms with van der Waals surface area (Å²) in [4.78, 5) is 28.8. The molecule has 7 nitrogen and oxygen atoms in total. The van der Waals surface area contributed by atoms with Crippen molar-refractivity contribution in [3.63, 3.8) is 0 Å². The summed E-state index contributed by atoms with van der Waals surface area (Å²) in [6.07, 6.45) is 1.46. The minimum Gasteiger partial charge on any atom is -0.755 e. The Hall–Kier alpha value is -3.49. The molecule has 1 heterocycles. The molecule has 152 valence electrons. The molecule has 1 amide bonds. The van der Waals surface area contributed by atoms with Crippen molar-refractivity contribution in [3.05, 3.63) is 72.4 Å². The number of H-pyrrole nitrogens is 1. The maximum atomic E-state index is 12.5. The summed E-state index contributed by atoms with van der Waals surface area (Å²) in [5, 5.41) is 2.37. The molecule has 3 aromatic carbocycles. The van der Waals surface area contributed by atoms with E-state index in [0.717, 1.165) is 15.1 Å². The predicted octanol–water partition coefficient (Wildman–Crippen LogP) is 3.52. The third-order valence-corrected chi connectivity index (χ3v) is 5.58. The smallest absolute Gasteiger partial charge is 0.294 e. The van der Waals surface area contributed by atoms with Crippen LogP contribution in [0, 0.1) is 0 Å². The first-order valence-corrected chi connectivity index (χ1v) is 10.2. The number of ketones is 1. The lowest BCUT2D eigenvalue weighted by atomic mass is 10.1. The Morgan fingerprint density at radius 2 is 1.60 bits per heavy atom. The molecule has 8 heteroatoms. The maximum Gasteiger partial charge on any atom is 0.294 e. The number of aromatic amines is 1. The van der Waals surface area contributed by atoms with Gasteiger partial charge in [-0.25, -0.2) is 0 Å². The van der Waals surface area contributed by atoms with Crippen LogP contribution in [0.25, 0.3) is 21.7 Å². The van der Waals surface area contributed by atoms with E-state index in [1.807, 2.05) is 30.3 Å². The summed E-state index contributed by atoms with van der Waals surface area (Å²) >= 11 is -2.60. The van der Waals surface area contributed by atoms with Crippen LogP contribution >= 0.6 is 0 Å². The standard InChI is InChI=1S/C22H19N3O4S/c1-24(2)22(27)21(26)19-13-23-20-10-9-17(12-18(19)20)25(30(28)29)16-8-7-14-5-3-4-6-15(14)11-16/h3-13,23H,1-2H3,(H,28,29)/p-1. The van der Waals surface area contributed by atoms with Gasteiger partial charge >= 0.3 is 0 Å². The van der Waals surface area contributed by atoms with Gasteiger partial charge in [-0.1, -0.05) is 30.3 Å². The molecule has 1 atom stereocenters. The fraction of sp³-hybridized carbons (Fsp3) is 0.0909. The van der Waals surface area contributed by atoms with Gasteiger partial charge < -0.3 is 14.4 Å². The highest BCUT2D eigenvalue weighted by Gasteiger charge is 2.22. The van der Waals surface area contributed by atoms with Gasteiger partial charge in [0.2, 0.25) is 0 Å². The van der Waals surface area contributed by atoms with E-state index >= 15 is 0 Å². The topological polar surface area (TPSA) is 96.5 Å². The van der Waals surface area contributed by atoms with Gasteiger partial charge in [0.1, 0.15) is 0 Å². The Labute approximate surface area is 175 Å². The number of carbonyl (C=O) groups excluding carboxylic acids is 2. The Bertz CT molecular complexity index is 1310. The quantitative estimate of drug-likeness (QED) is 0.303. The Morgan fingerprint density at radius 3 is 2.30 bits per heavy atom. The first-order chi connectivity index (χ1) is 14.4. The molecule has 1 aromatic heterocycles. The van der Waals surface area contributed by atoms with Crippen molar-refractivity contribution in [3.8, 4) is 0 Å². The molecule has 0 radical (unpaired) electrons. The average molecular weight is 420 g/mol. The molecule has 1 N–H and O–H groups in total. The van der Waals surface area contributed by atoms with Crippen LogP contribution in [0.5, 0.6) is 0 Å². The lowest BCUT2D eigenvalue weighted by molar-refractivity contribution is -0.124. The largest absolute Gasteiger partial charge is 0.755 e. The Morgan fingerprint density at radius 1 is 0.933 bits per heavy atom. The van der Waals surface area contributed by atoms with Crippen LogP contribution in [0.15, 0.2) is 66.9 Å². The van der Waals surface area contributed by atoms with E-state index in [4.69, 9.17) is 0 Å². The summed E-state index contributed by atoms with van der Waals surface area (Å²) in [5.74, 6) is -1.32. The average Bonchev–Trinajstić information content (AvgIpc) is 3.15. The molecular weight excluding hydrogens is 402 g/mol. The minimum atomic E-state index is -2.60. The van der Waals surface area contributed by atoms with Crippen LogP contribution in [0.2, 0.25) is 0 Å². The van der Waals surface area contributed by atoms with Gasteiger partial charge in [-0.05, 0) is 41.1 Å². The number of nitrogens with zero attached hydrogens (tertiary/aromatic N) is 2. The number of fused-ring (bicyclic) bond motifs is 2. The number of hydrogen-bond donors (Lipinski definition) is 1. The summed E-state index contributed by atoms with van der Waals surface area (Å²) in [7, 11) is 3.01. The normalized spacial score (nSPS) is 12.1. The summed E-state index contributed by atoms with van der Waals surface area (Å²) in [6.45, 7) is 0. The SMILES string of the molecule is CN(C)C(=O)C(=O)c1c[nH]c2ccc(N(c3ccc4ccccc4c3)S(=O)[O-])cc12. The number of nitrogens with one attached hydrogen (secondary N) is 1. The van der Waals surface area contributed by atoms with E-state index in [-0.39, 0.29) is 5.56 Å². The summed E-state index contributed by atoms with van der Waals surface area (Å²) < 4.78 is 25.4. The highest BCUT2D eigenvalue weighted by molar-refractivity contribution is 7.81. The highest BCUT2D eigenvalue weighted by atomic mass is 32.2. The fourth-order valence-electron chi connectivity index (χ4n) is 3.37. The van der Waals surface area contributed by atoms with Crippen LogP contribution < -0.4 is 4.31 Å². The Balaban J connectivity index is 1.82. The van der Waals surface area contributed by atoms with Crippen LogP contribution in [0.1, 0.15) is 10.4 Å². The van der Waals surface area contributed by atoms with Crippen molar-refractivity contribution < 1.29 is 18.4 Å². The van der Waals surface area contributed by atoms with E-state index in [9.17, 15) is 18.4 Å². The third kappa shape index (κ3) is 3.47. The zero-order valence-electron chi connectivity index (χ0n) is 16.3. The highest BCUT2D eigenvalue weighted by Crippen LogP contribution is 2.32. The molecule has 0 bridgehead atoms. The van der Waals surface area contributed by atoms with E-state index in [1.165, 1.54) is 25.2 Å². The lowest BCUT2D eigenvalue weighted by Gasteiger charge is -2.27. The van der Waals surface area contributed by atoms with Crippen molar-refractivity contribution >= 4 is 56.0 Å². The van der Waals surface area contributed by atoms with Crippen LogP contribution in [-0.4, -0.2) is 44.4 Å². The monoisotopic (exact) mass is 420 g/mol. The molecule has 0 aliphatic heterocycles.